The highest BCUT2D eigenvalue weighted by atomic mass is 19.1. The standard InChI is InChI=1S/C15H15FN4O2/c16-12-4-3-7-17-15(12)19-10-8-18(9-11-19)13-5-1-2-6-14(13)20(21)22/h1-7H,8-11H2. The normalized spacial score (nSPS) is 15.0. The molecular formula is C15H15FN4O2. The molecule has 2 heterocycles. The van der Waals surface area contributed by atoms with Crippen molar-refractivity contribution in [2.24, 2.45) is 0 Å². The maximum Gasteiger partial charge on any atom is 0.292 e. The molecule has 0 amide bonds. The molecule has 0 N–H and O–H groups in total. The summed E-state index contributed by atoms with van der Waals surface area (Å²) in [5, 5.41) is 11.1. The topological polar surface area (TPSA) is 62.5 Å². The van der Waals surface area contributed by atoms with Gasteiger partial charge in [-0.05, 0) is 18.2 Å². The molecule has 22 heavy (non-hydrogen) atoms. The third-order valence-corrected chi connectivity index (χ3v) is 3.74. The number of rotatable bonds is 3. The Kier molecular flexibility index (Phi) is 3.86. The summed E-state index contributed by atoms with van der Waals surface area (Å²) in [7, 11) is 0. The highest BCUT2D eigenvalue weighted by Crippen LogP contribution is 2.29. The van der Waals surface area contributed by atoms with E-state index in [1.54, 1.807) is 30.5 Å². The van der Waals surface area contributed by atoms with E-state index >= 15 is 0 Å². The molecule has 6 nitrogen and oxygen atoms in total. The van der Waals surface area contributed by atoms with Crippen LogP contribution in [0.3, 0.4) is 0 Å². The van der Waals surface area contributed by atoms with Gasteiger partial charge in [0, 0.05) is 38.4 Å². The molecule has 1 fully saturated rings. The molecule has 1 aromatic heterocycles. The van der Waals surface area contributed by atoms with Crippen molar-refractivity contribution in [2.75, 3.05) is 36.0 Å². The van der Waals surface area contributed by atoms with Crippen molar-refractivity contribution in [3.8, 4) is 0 Å². The number of nitrogens with zero attached hydrogens (tertiary/aromatic N) is 4. The zero-order chi connectivity index (χ0) is 15.5. The molecule has 2 aromatic rings. The number of halogens is 1. The van der Waals surface area contributed by atoms with E-state index in [1.807, 2.05) is 9.80 Å². The van der Waals surface area contributed by atoms with Crippen molar-refractivity contribution in [1.29, 1.82) is 0 Å². The van der Waals surface area contributed by atoms with Gasteiger partial charge < -0.3 is 9.80 Å². The van der Waals surface area contributed by atoms with Crippen molar-refractivity contribution in [3.63, 3.8) is 0 Å². The molecule has 7 heteroatoms. The van der Waals surface area contributed by atoms with Crippen LogP contribution in [0.1, 0.15) is 0 Å². The van der Waals surface area contributed by atoms with Gasteiger partial charge >= 0.3 is 0 Å². The lowest BCUT2D eigenvalue weighted by Gasteiger charge is -2.36. The van der Waals surface area contributed by atoms with Gasteiger partial charge in [-0.3, -0.25) is 10.1 Å². The first kappa shape index (κ1) is 14.2. The fourth-order valence-corrected chi connectivity index (χ4v) is 2.66. The van der Waals surface area contributed by atoms with Crippen LogP contribution in [-0.2, 0) is 0 Å². The summed E-state index contributed by atoms with van der Waals surface area (Å²) in [6.07, 6.45) is 1.56. The second-order valence-electron chi connectivity index (χ2n) is 5.03. The van der Waals surface area contributed by atoms with Gasteiger partial charge in [0.25, 0.3) is 5.69 Å². The molecule has 1 aliphatic rings. The molecule has 0 unspecified atom stereocenters. The second-order valence-corrected chi connectivity index (χ2v) is 5.03. The molecule has 1 aromatic carbocycles. The van der Waals surface area contributed by atoms with Crippen LogP contribution in [0.5, 0.6) is 0 Å². The zero-order valence-electron chi connectivity index (χ0n) is 11.9. The average Bonchev–Trinajstić information content (AvgIpc) is 2.55. The number of nitro benzene ring substituents is 1. The van der Waals surface area contributed by atoms with Crippen LogP contribution >= 0.6 is 0 Å². The first-order chi connectivity index (χ1) is 10.7. The van der Waals surface area contributed by atoms with E-state index in [0.29, 0.717) is 37.7 Å². The summed E-state index contributed by atoms with van der Waals surface area (Å²) in [6, 6.07) is 9.63. The number of aromatic nitrogens is 1. The van der Waals surface area contributed by atoms with Gasteiger partial charge in [-0.2, -0.15) is 0 Å². The molecule has 1 saturated heterocycles. The molecule has 0 saturated carbocycles. The van der Waals surface area contributed by atoms with Crippen LogP contribution in [0.4, 0.5) is 21.6 Å². The Hall–Kier alpha value is -2.70. The van der Waals surface area contributed by atoms with Crippen LogP contribution < -0.4 is 9.80 Å². The number of hydrogen-bond acceptors (Lipinski definition) is 5. The van der Waals surface area contributed by atoms with E-state index in [4.69, 9.17) is 0 Å². The summed E-state index contributed by atoms with van der Waals surface area (Å²) < 4.78 is 13.8. The Balaban J connectivity index is 1.75. The van der Waals surface area contributed by atoms with E-state index in [-0.39, 0.29) is 16.4 Å². The Bertz CT molecular complexity index is 687. The van der Waals surface area contributed by atoms with E-state index < -0.39 is 0 Å². The van der Waals surface area contributed by atoms with Crippen molar-refractivity contribution >= 4 is 17.2 Å². The third-order valence-electron chi connectivity index (χ3n) is 3.74. The zero-order valence-corrected chi connectivity index (χ0v) is 11.9. The number of benzene rings is 1. The molecule has 0 bridgehead atoms. The van der Waals surface area contributed by atoms with Crippen LogP contribution in [0, 0.1) is 15.9 Å². The SMILES string of the molecule is O=[N+]([O-])c1ccccc1N1CCN(c2ncccc2F)CC1. The van der Waals surface area contributed by atoms with Crippen LogP contribution in [0.15, 0.2) is 42.6 Å². The fraction of sp³-hybridized carbons (Fsp3) is 0.267. The van der Waals surface area contributed by atoms with Gasteiger partial charge in [-0.15, -0.1) is 0 Å². The summed E-state index contributed by atoms with van der Waals surface area (Å²) >= 11 is 0. The van der Waals surface area contributed by atoms with Crippen molar-refractivity contribution in [1.82, 2.24) is 4.98 Å². The Morgan fingerprint density at radius 2 is 1.73 bits per heavy atom. The quantitative estimate of drug-likeness (QED) is 0.644. The van der Waals surface area contributed by atoms with Gasteiger partial charge in [0.1, 0.15) is 5.69 Å². The van der Waals surface area contributed by atoms with E-state index in [2.05, 4.69) is 4.98 Å². The minimum absolute atomic E-state index is 0.0972. The predicted octanol–water partition coefficient (Wildman–Crippen LogP) is 2.46. The smallest absolute Gasteiger partial charge is 0.292 e. The van der Waals surface area contributed by atoms with E-state index in [1.165, 1.54) is 12.1 Å². The Labute approximate surface area is 127 Å². The van der Waals surface area contributed by atoms with E-state index in [0.717, 1.165) is 0 Å². The monoisotopic (exact) mass is 302 g/mol. The van der Waals surface area contributed by atoms with Crippen LogP contribution in [0.2, 0.25) is 0 Å². The second kappa shape index (κ2) is 5.97. The minimum Gasteiger partial charge on any atom is -0.362 e. The molecular weight excluding hydrogens is 287 g/mol. The number of para-hydroxylation sites is 2. The molecule has 3 rings (SSSR count). The van der Waals surface area contributed by atoms with Crippen molar-refractivity contribution in [3.05, 3.63) is 58.5 Å². The van der Waals surface area contributed by atoms with Gasteiger partial charge in [0.2, 0.25) is 0 Å². The predicted molar refractivity (Wildman–Crippen MR) is 81.7 cm³/mol. The molecule has 0 aliphatic carbocycles. The molecule has 0 spiro atoms. The molecule has 1 aliphatic heterocycles. The van der Waals surface area contributed by atoms with E-state index in [9.17, 15) is 14.5 Å². The van der Waals surface area contributed by atoms with Crippen molar-refractivity contribution in [2.45, 2.75) is 0 Å². The maximum absolute atomic E-state index is 13.8. The number of anilines is 2. The Morgan fingerprint density at radius 3 is 2.41 bits per heavy atom. The lowest BCUT2D eigenvalue weighted by atomic mass is 10.2. The lowest BCUT2D eigenvalue weighted by Crippen LogP contribution is -2.47. The number of piperazine rings is 1. The fourth-order valence-electron chi connectivity index (χ4n) is 2.66. The largest absolute Gasteiger partial charge is 0.362 e. The third kappa shape index (κ3) is 2.69. The summed E-state index contributed by atoms with van der Waals surface area (Å²) in [6.45, 7) is 2.31. The van der Waals surface area contributed by atoms with Gasteiger partial charge in [0.05, 0.1) is 4.92 Å². The number of nitro groups is 1. The van der Waals surface area contributed by atoms with Gasteiger partial charge in [-0.25, -0.2) is 9.37 Å². The average molecular weight is 302 g/mol. The highest BCUT2D eigenvalue weighted by molar-refractivity contribution is 5.63. The number of pyridine rings is 1. The minimum atomic E-state index is -0.375. The van der Waals surface area contributed by atoms with Gasteiger partial charge in [0.15, 0.2) is 11.6 Å². The van der Waals surface area contributed by atoms with Crippen molar-refractivity contribution < 1.29 is 9.31 Å². The summed E-state index contributed by atoms with van der Waals surface area (Å²) in [5.41, 5.74) is 0.702. The maximum atomic E-state index is 13.8. The number of hydrogen-bond donors (Lipinski definition) is 0. The Morgan fingerprint density at radius 1 is 1.05 bits per heavy atom. The van der Waals surface area contributed by atoms with Crippen LogP contribution in [-0.4, -0.2) is 36.1 Å². The molecule has 0 radical (unpaired) electrons. The first-order valence-electron chi connectivity index (χ1n) is 7.00. The lowest BCUT2D eigenvalue weighted by molar-refractivity contribution is -0.384. The summed E-state index contributed by atoms with van der Waals surface area (Å²) in [4.78, 5) is 18.6. The molecule has 114 valence electrons. The summed E-state index contributed by atoms with van der Waals surface area (Å²) in [5.74, 6) is -0.00801. The van der Waals surface area contributed by atoms with Gasteiger partial charge in [-0.1, -0.05) is 12.1 Å². The molecule has 0 atom stereocenters. The highest BCUT2D eigenvalue weighted by Gasteiger charge is 2.24. The van der Waals surface area contributed by atoms with Crippen LogP contribution in [0.25, 0.3) is 0 Å². The first-order valence-corrected chi connectivity index (χ1v) is 7.00.